The average Bonchev–Trinajstić information content (AvgIpc) is 2.94. The Morgan fingerprint density at radius 2 is 2.22 bits per heavy atom. The van der Waals surface area contributed by atoms with E-state index in [0.29, 0.717) is 5.52 Å². The number of aromatic nitrogens is 1. The zero-order valence-electron chi connectivity index (χ0n) is 14.7. The number of carbonyl (C=O) groups is 2. The van der Waals surface area contributed by atoms with Gasteiger partial charge in [0.1, 0.15) is 0 Å². The number of carbonyl (C=O) groups excluding carboxylic acids is 2. The first-order valence-electron chi connectivity index (χ1n) is 8.19. The van der Waals surface area contributed by atoms with Crippen molar-refractivity contribution in [3.8, 4) is 0 Å². The number of fused-ring (bicyclic) bond motifs is 1. The molecule has 0 radical (unpaired) electrons. The number of nitro groups is 1. The van der Waals surface area contributed by atoms with Gasteiger partial charge in [-0.05, 0) is 19.4 Å². The van der Waals surface area contributed by atoms with Crippen LogP contribution in [0.3, 0.4) is 0 Å². The number of esters is 1. The molecule has 1 aromatic heterocycles. The highest BCUT2D eigenvalue weighted by Crippen LogP contribution is 2.20. The minimum absolute atomic E-state index is 0.00876. The molecular formula is C17H19N3O7. The number of oxazole rings is 1. The smallest absolute Gasteiger partial charge is 0.419 e. The maximum absolute atomic E-state index is 11.9. The van der Waals surface area contributed by atoms with Gasteiger partial charge in [-0.15, -0.1) is 6.58 Å². The van der Waals surface area contributed by atoms with Gasteiger partial charge in [-0.25, -0.2) is 4.79 Å². The minimum atomic E-state index is -0.935. The van der Waals surface area contributed by atoms with Crippen molar-refractivity contribution in [3.05, 3.63) is 51.5 Å². The van der Waals surface area contributed by atoms with Crippen LogP contribution in [-0.2, 0) is 20.9 Å². The molecule has 0 fully saturated rings. The standard InChI is InChI=1S/C17H19N3O7/c1-3-8-18-16(22)11(2)26-15(21)5-4-9-19-13-7-6-12(20(24)25)10-14(13)27-17(19)23/h3,6-7,10-11H,1,4-5,8-9H2,2H3,(H,18,22). The van der Waals surface area contributed by atoms with E-state index >= 15 is 0 Å². The van der Waals surface area contributed by atoms with Gasteiger partial charge in [0.15, 0.2) is 11.7 Å². The zero-order valence-corrected chi connectivity index (χ0v) is 14.7. The molecule has 1 unspecified atom stereocenters. The van der Waals surface area contributed by atoms with E-state index in [9.17, 15) is 24.5 Å². The third-order valence-electron chi connectivity index (χ3n) is 3.72. The molecule has 0 spiro atoms. The minimum Gasteiger partial charge on any atom is -0.453 e. The van der Waals surface area contributed by atoms with Crippen LogP contribution in [0.2, 0.25) is 0 Å². The summed E-state index contributed by atoms with van der Waals surface area (Å²) in [5.41, 5.74) is 0.316. The highest BCUT2D eigenvalue weighted by Gasteiger charge is 2.18. The Morgan fingerprint density at radius 1 is 1.48 bits per heavy atom. The molecule has 0 aliphatic heterocycles. The molecule has 10 heteroatoms. The van der Waals surface area contributed by atoms with Gasteiger partial charge in [0.25, 0.3) is 11.6 Å². The third-order valence-corrected chi connectivity index (χ3v) is 3.72. The first-order valence-corrected chi connectivity index (χ1v) is 8.19. The molecule has 1 heterocycles. The highest BCUT2D eigenvalue weighted by molar-refractivity contribution is 5.83. The summed E-state index contributed by atoms with van der Waals surface area (Å²) in [4.78, 5) is 45.5. The Balaban J connectivity index is 1.93. The van der Waals surface area contributed by atoms with Crippen LogP contribution < -0.4 is 11.1 Å². The van der Waals surface area contributed by atoms with E-state index in [1.54, 1.807) is 0 Å². The van der Waals surface area contributed by atoms with Crippen LogP contribution in [0.15, 0.2) is 40.1 Å². The number of nitrogens with zero attached hydrogens (tertiary/aromatic N) is 2. The Bertz CT molecular complexity index is 928. The normalized spacial score (nSPS) is 11.7. The number of non-ortho nitro benzene ring substituents is 1. The summed E-state index contributed by atoms with van der Waals surface area (Å²) in [6, 6.07) is 3.86. The molecule has 0 aliphatic rings. The summed E-state index contributed by atoms with van der Waals surface area (Å²) in [7, 11) is 0. The van der Waals surface area contributed by atoms with Gasteiger partial charge in [0, 0.05) is 25.6 Å². The van der Waals surface area contributed by atoms with Gasteiger partial charge < -0.3 is 14.5 Å². The molecule has 0 bridgehead atoms. The van der Waals surface area contributed by atoms with Crippen molar-refractivity contribution in [2.45, 2.75) is 32.4 Å². The van der Waals surface area contributed by atoms with Crippen LogP contribution >= 0.6 is 0 Å². The van der Waals surface area contributed by atoms with E-state index in [-0.39, 0.29) is 37.2 Å². The van der Waals surface area contributed by atoms with E-state index in [0.717, 1.165) is 0 Å². The molecule has 27 heavy (non-hydrogen) atoms. The Labute approximate surface area is 153 Å². The number of nitrogens with one attached hydrogen (secondary N) is 1. The SMILES string of the molecule is C=CCNC(=O)C(C)OC(=O)CCCn1c(=O)oc2cc([N+](=O)[O-])ccc21. The van der Waals surface area contributed by atoms with Crippen LogP contribution in [0.5, 0.6) is 0 Å². The van der Waals surface area contributed by atoms with Crippen LogP contribution in [-0.4, -0.2) is 34.0 Å². The fraction of sp³-hybridized carbons (Fsp3) is 0.353. The summed E-state index contributed by atoms with van der Waals surface area (Å²) >= 11 is 0. The lowest BCUT2D eigenvalue weighted by atomic mass is 10.2. The number of benzene rings is 1. The maximum Gasteiger partial charge on any atom is 0.419 e. The van der Waals surface area contributed by atoms with Crippen LogP contribution in [0, 0.1) is 10.1 Å². The fourth-order valence-corrected chi connectivity index (χ4v) is 2.39. The molecule has 1 atom stereocenters. The van der Waals surface area contributed by atoms with Crippen molar-refractivity contribution in [2.24, 2.45) is 0 Å². The van der Waals surface area contributed by atoms with E-state index in [1.807, 2.05) is 0 Å². The van der Waals surface area contributed by atoms with Crippen LogP contribution in [0.4, 0.5) is 5.69 Å². The Hall–Kier alpha value is -3.43. The van der Waals surface area contributed by atoms with E-state index in [1.165, 1.54) is 35.8 Å². The summed E-state index contributed by atoms with van der Waals surface area (Å²) in [6.07, 6.45) is 0.834. The third kappa shape index (κ3) is 5.03. The molecule has 1 amide bonds. The van der Waals surface area contributed by atoms with Crippen molar-refractivity contribution in [1.29, 1.82) is 0 Å². The van der Waals surface area contributed by atoms with Crippen molar-refractivity contribution in [2.75, 3.05) is 6.54 Å². The molecule has 0 aliphatic carbocycles. The van der Waals surface area contributed by atoms with E-state index in [4.69, 9.17) is 9.15 Å². The number of aryl methyl sites for hydroxylation is 1. The van der Waals surface area contributed by atoms with Crippen LogP contribution in [0.1, 0.15) is 19.8 Å². The average molecular weight is 377 g/mol. The van der Waals surface area contributed by atoms with Crippen LogP contribution in [0.25, 0.3) is 11.1 Å². The second kappa shape index (κ2) is 8.79. The molecule has 2 rings (SSSR count). The van der Waals surface area contributed by atoms with Gasteiger partial charge >= 0.3 is 11.7 Å². The second-order valence-electron chi connectivity index (χ2n) is 5.70. The van der Waals surface area contributed by atoms with Crippen molar-refractivity contribution in [3.63, 3.8) is 0 Å². The summed E-state index contributed by atoms with van der Waals surface area (Å²) in [5, 5.41) is 13.3. The van der Waals surface area contributed by atoms with Gasteiger partial charge in [-0.2, -0.15) is 0 Å². The Kier molecular flexibility index (Phi) is 6.47. The molecule has 1 aromatic carbocycles. The van der Waals surface area contributed by atoms with Crippen molar-refractivity contribution >= 4 is 28.7 Å². The number of hydrogen-bond donors (Lipinski definition) is 1. The second-order valence-corrected chi connectivity index (χ2v) is 5.70. The quantitative estimate of drug-likeness (QED) is 0.303. The molecule has 144 valence electrons. The maximum atomic E-state index is 11.9. The number of nitro benzene ring substituents is 1. The molecule has 1 N–H and O–H groups in total. The molecule has 2 aromatic rings. The largest absolute Gasteiger partial charge is 0.453 e. The predicted molar refractivity (Wildman–Crippen MR) is 95.1 cm³/mol. The Morgan fingerprint density at radius 3 is 2.89 bits per heavy atom. The lowest BCUT2D eigenvalue weighted by Gasteiger charge is -2.12. The summed E-state index contributed by atoms with van der Waals surface area (Å²) in [6.45, 7) is 5.36. The monoisotopic (exact) mass is 377 g/mol. The van der Waals surface area contributed by atoms with Crippen molar-refractivity contribution < 1.29 is 23.7 Å². The van der Waals surface area contributed by atoms with Gasteiger partial charge in [0.05, 0.1) is 16.5 Å². The van der Waals surface area contributed by atoms with Gasteiger partial charge in [0.2, 0.25) is 0 Å². The first-order chi connectivity index (χ1) is 12.8. The van der Waals surface area contributed by atoms with E-state index < -0.39 is 28.7 Å². The van der Waals surface area contributed by atoms with E-state index in [2.05, 4.69) is 11.9 Å². The molecule has 10 nitrogen and oxygen atoms in total. The lowest BCUT2D eigenvalue weighted by Crippen LogP contribution is -2.35. The summed E-state index contributed by atoms with van der Waals surface area (Å²) in [5.74, 6) is -1.68. The van der Waals surface area contributed by atoms with Gasteiger partial charge in [-0.1, -0.05) is 6.08 Å². The first kappa shape index (κ1) is 19.9. The number of amides is 1. The predicted octanol–water partition coefficient (Wildman–Crippen LogP) is 1.52. The molecule has 0 saturated heterocycles. The summed E-state index contributed by atoms with van der Waals surface area (Å²) < 4.78 is 11.3. The molecular weight excluding hydrogens is 358 g/mol. The molecule has 0 saturated carbocycles. The number of ether oxygens (including phenoxy) is 1. The highest BCUT2D eigenvalue weighted by atomic mass is 16.6. The number of hydrogen-bond acceptors (Lipinski definition) is 7. The lowest BCUT2D eigenvalue weighted by molar-refractivity contribution is -0.384. The van der Waals surface area contributed by atoms with Crippen molar-refractivity contribution in [1.82, 2.24) is 9.88 Å². The topological polar surface area (TPSA) is 134 Å². The van der Waals surface area contributed by atoms with Gasteiger partial charge in [-0.3, -0.25) is 24.3 Å². The fourth-order valence-electron chi connectivity index (χ4n) is 2.39. The zero-order chi connectivity index (χ0) is 20.0. The number of rotatable bonds is 9.